The van der Waals surface area contributed by atoms with E-state index in [4.69, 9.17) is 10.5 Å². The molecule has 1 unspecified atom stereocenters. The molecule has 0 spiro atoms. The normalized spacial score (nSPS) is 12.2. The lowest BCUT2D eigenvalue weighted by Gasteiger charge is -2.12. The molecule has 1 rings (SSSR count). The third-order valence-electron chi connectivity index (χ3n) is 1.86. The molecular formula is C10H19N5OS. The third-order valence-corrected chi connectivity index (χ3v) is 2.69. The number of nitrogens with zero attached hydrogens (tertiary/aromatic N) is 3. The fourth-order valence-electron chi connectivity index (χ4n) is 1.21. The van der Waals surface area contributed by atoms with E-state index < -0.39 is 0 Å². The maximum atomic E-state index is 5.59. The summed E-state index contributed by atoms with van der Waals surface area (Å²) in [6.45, 7) is 4.65. The molecular weight excluding hydrogens is 238 g/mol. The van der Waals surface area contributed by atoms with E-state index in [1.54, 1.807) is 11.8 Å². The Morgan fingerprint density at radius 3 is 2.82 bits per heavy atom. The molecule has 0 saturated carbocycles. The molecule has 0 aliphatic heterocycles. The minimum absolute atomic E-state index is 0.171. The highest BCUT2D eigenvalue weighted by Gasteiger charge is 2.08. The summed E-state index contributed by atoms with van der Waals surface area (Å²) in [7, 11) is 0. The zero-order valence-corrected chi connectivity index (χ0v) is 11.3. The highest BCUT2D eigenvalue weighted by Crippen LogP contribution is 2.11. The first-order valence-corrected chi connectivity index (χ1v) is 6.95. The molecule has 6 nitrogen and oxygen atoms in total. The average Bonchev–Trinajstić information content (AvgIpc) is 2.25. The molecule has 0 aliphatic rings. The second-order valence-electron chi connectivity index (χ2n) is 3.65. The molecule has 0 amide bonds. The minimum Gasteiger partial charge on any atom is -0.463 e. The molecule has 0 saturated heterocycles. The SMILES string of the molecule is CCCOc1nc(N)nc(NC(C)CSC)n1. The highest BCUT2D eigenvalue weighted by atomic mass is 32.2. The van der Waals surface area contributed by atoms with Crippen LogP contribution in [0, 0.1) is 0 Å². The summed E-state index contributed by atoms with van der Waals surface area (Å²) >= 11 is 1.76. The maximum absolute atomic E-state index is 5.59. The number of rotatable bonds is 7. The Bertz CT molecular complexity index is 349. The van der Waals surface area contributed by atoms with Crippen molar-refractivity contribution < 1.29 is 4.74 Å². The van der Waals surface area contributed by atoms with E-state index in [9.17, 15) is 0 Å². The molecule has 0 radical (unpaired) electrons. The van der Waals surface area contributed by atoms with E-state index in [-0.39, 0.29) is 18.0 Å². The lowest BCUT2D eigenvalue weighted by Crippen LogP contribution is -2.20. The molecule has 0 bridgehead atoms. The molecule has 1 aromatic heterocycles. The fourth-order valence-corrected chi connectivity index (χ4v) is 1.79. The van der Waals surface area contributed by atoms with Crippen molar-refractivity contribution in [3.8, 4) is 6.01 Å². The first-order valence-electron chi connectivity index (χ1n) is 5.55. The van der Waals surface area contributed by atoms with Gasteiger partial charge in [-0.2, -0.15) is 26.7 Å². The molecule has 1 heterocycles. The Kier molecular flexibility index (Phi) is 5.82. The summed E-state index contributed by atoms with van der Waals surface area (Å²) in [4.78, 5) is 12.1. The van der Waals surface area contributed by atoms with Gasteiger partial charge in [-0.3, -0.25) is 0 Å². The number of nitrogen functional groups attached to an aromatic ring is 1. The van der Waals surface area contributed by atoms with Crippen LogP contribution in [0.25, 0.3) is 0 Å². The Morgan fingerprint density at radius 1 is 1.41 bits per heavy atom. The number of hydrogen-bond acceptors (Lipinski definition) is 7. The third kappa shape index (κ3) is 5.08. The maximum Gasteiger partial charge on any atom is 0.323 e. The van der Waals surface area contributed by atoms with Crippen molar-refractivity contribution in [1.29, 1.82) is 0 Å². The number of aromatic nitrogens is 3. The number of hydrogen-bond donors (Lipinski definition) is 2. The standard InChI is InChI=1S/C10H19N5OS/c1-4-5-16-10-14-8(11)13-9(15-10)12-7(2)6-17-3/h7H,4-6H2,1-3H3,(H3,11,12,13,14,15). The van der Waals surface area contributed by atoms with Crippen LogP contribution < -0.4 is 15.8 Å². The Balaban J connectivity index is 2.67. The van der Waals surface area contributed by atoms with Crippen molar-refractivity contribution >= 4 is 23.7 Å². The van der Waals surface area contributed by atoms with Crippen LogP contribution in [0.1, 0.15) is 20.3 Å². The van der Waals surface area contributed by atoms with E-state index in [0.717, 1.165) is 12.2 Å². The Morgan fingerprint density at radius 2 is 2.18 bits per heavy atom. The minimum atomic E-state index is 0.171. The van der Waals surface area contributed by atoms with Gasteiger partial charge < -0.3 is 15.8 Å². The van der Waals surface area contributed by atoms with Crippen LogP contribution in [0.3, 0.4) is 0 Å². The van der Waals surface area contributed by atoms with Crippen LogP contribution in [0.4, 0.5) is 11.9 Å². The van der Waals surface area contributed by atoms with E-state index in [1.807, 2.05) is 6.92 Å². The number of anilines is 2. The number of nitrogens with two attached hydrogens (primary N) is 1. The molecule has 96 valence electrons. The van der Waals surface area contributed by atoms with Crippen LogP contribution in [0.2, 0.25) is 0 Å². The first kappa shape index (κ1) is 13.8. The highest BCUT2D eigenvalue weighted by molar-refractivity contribution is 7.98. The second-order valence-corrected chi connectivity index (χ2v) is 4.56. The summed E-state index contributed by atoms with van der Waals surface area (Å²) in [6.07, 6.45) is 2.95. The van der Waals surface area contributed by atoms with Crippen LogP contribution in [-0.4, -0.2) is 39.6 Å². The molecule has 1 atom stereocenters. The number of nitrogens with one attached hydrogen (secondary N) is 1. The van der Waals surface area contributed by atoms with Gasteiger partial charge in [-0.05, 0) is 19.6 Å². The topological polar surface area (TPSA) is 86.0 Å². The van der Waals surface area contributed by atoms with Crippen LogP contribution >= 0.6 is 11.8 Å². The molecule has 3 N–H and O–H groups in total. The van der Waals surface area contributed by atoms with E-state index in [1.165, 1.54) is 0 Å². The van der Waals surface area contributed by atoms with Crippen LogP contribution in [0.15, 0.2) is 0 Å². The van der Waals surface area contributed by atoms with Gasteiger partial charge in [-0.1, -0.05) is 6.92 Å². The quantitative estimate of drug-likeness (QED) is 0.763. The first-order chi connectivity index (χ1) is 8.15. The van der Waals surface area contributed by atoms with Gasteiger partial charge in [-0.25, -0.2) is 0 Å². The molecule has 0 aromatic carbocycles. The molecule has 7 heteroatoms. The summed E-state index contributed by atoms with van der Waals surface area (Å²) in [5, 5.41) is 3.16. The summed E-state index contributed by atoms with van der Waals surface area (Å²) in [6, 6.07) is 0.545. The second kappa shape index (κ2) is 7.16. The van der Waals surface area contributed by atoms with E-state index >= 15 is 0 Å². The zero-order chi connectivity index (χ0) is 12.7. The van der Waals surface area contributed by atoms with E-state index in [0.29, 0.717) is 12.6 Å². The monoisotopic (exact) mass is 257 g/mol. The number of ether oxygens (including phenoxy) is 1. The van der Waals surface area contributed by atoms with E-state index in [2.05, 4.69) is 33.4 Å². The summed E-state index contributed by atoms with van der Waals surface area (Å²) in [5.41, 5.74) is 5.59. The Hall–Kier alpha value is -1.24. The van der Waals surface area contributed by atoms with Crippen molar-refractivity contribution in [3.05, 3.63) is 0 Å². The van der Waals surface area contributed by atoms with Crippen molar-refractivity contribution in [1.82, 2.24) is 15.0 Å². The van der Waals surface area contributed by atoms with Crippen molar-refractivity contribution in [2.24, 2.45) is 0 Å². The molecule has 17 heavy (non-hydrogen) atoms. The zero-order valence-electron chi connectivity index (χ0n) is 10.4. The largest absolute Gasteiger partial charge is 0.463 e. The smallest absolute Gasteiger partial charge is 0.323 e. The lowest BCUT2D eigenvalue weighted by atomic mass is 10.4. The van der Waals surface area contributed by atoms with Crippen molar-refractivity contribution in [3.63, 3.8) is 0 Å². The summed E-state index contributed by atoms with van der Waals surface area (Å²) in [5.74, 6) is 1.60. The van der Waals surface area contributed by atoms with Crippen molar-refractivity contribution in [2.45, 2.75) is 26.3 Å². The van der Waals surface area contributed by atoms with Crippen LogP contribution in [-0.2, 0) is 0 Å². The average molecular weight is 257 g/mol. The summed E-state index contributed by atoms with van der Waals surface area (Å²) < 4.78 is 5.33. The van der Waals surface area contributed by atoms with Gasteiger partial charge in [0, 0.05) is 11.8 Å². The molecule has 1 aromatic rings. The van der Waals surface area contributed by atoms with Gasteiger partial charge in [-0.15, -0.1) is 0 Å². The van der Waals surface area contributed by atoms with Gasteiger partial charge >= 0.3 is 6.01 Å². The van der Waals surface area contributed by atoms with Crippen LogP contribution in [0.5, 0.6) is 6.01 Å². The van der Waals surface area contributed by atoms with Gasteiger partial charge in [0.25, 0.3) is 0 Å². The fraction of sp³-hybridized carbons (Fsp3) is 0.700. The van der Waals surface area contributed by atoms with Gasteiger partial charge in [0.15, 0.2) is 0 Å². The van der Waals surface area contributed by atoms with Gasteiger partial charge in [0.05, 0.1) is 6.61 Å². The number of thioether (sulfide) groups is 1. The molecule has 0 aliphatic carbocycles. The predicted molar refractivity (Wildman–Crippen MR) is 71.5 cm³/mol. The Labute approximate surface area is 106 Å². The molecule has 0 fully saturated rings. The van der Waals surface area contributed by atoms with Crippen molar-refractivity contribution in [2.75, 3.05) is 29.7 Å². The lowest BCUT2D eigenvalue weighted by molar-refractivity contribution is 0.292. The van der Waals surface area contributed by atoms with Gasteiger partial charge in [0.2, 0.25) is 11.9 Å². The predicted octanol–water partition coefficient (Wildman–Crippen LogP) is 1.41. The van der Waals surface area contributed by atoms with Gasteiger partial charge in [0.1, 0.15) is 0 Å².